The summed E-state index contributed by atoms with van der Waals surface area (Å²) in [5, 5.41) is 2.94. The summed E-state index contributed by atoms with van der Waals surface area (Å²) in [5.74, 6) is 1.34. The number of nitrogens with one attached hydrogen (secondary N) is 3. The third-order valence-corrected chi connectivity index (χ3v) is 5.49. The minimum absolute atomic E-state index is 0.0324. The van der Waals surface area contributed by atoms with E-state index in [0.29, 0.717) is 24.4 Å². The van der Waals surface area contributed by atoms with Crippen LogP contribution in [0.4, 0.5) is 0 Å². The van der Waals surface area contributed by atoms with Gasteiger partial charge in [0.2, 0.25) is 5.91 Å². The molecule has 9 heteroatoms. The first-order valence-electron chi connectivity index (χ1n) is 10.1. The zero-order chi connectivity index (χ0) is 20.1. The van der Waals surface area contributed by atoms with Crippen LogP contribution in [0.2, 0.25) is 0 Å². The van der Waals surface area contributed by atoms with Crippen LogP contribution in [0.15, 0.2) is 9.59 Å². The number of piperidine rings is 1. The predicted octanol–water partition coefficient (Wildman–Crippen LogP) is 0.511. The van der Waals surface area contributed by atoms with Gasteiger partial charge in [-0.3, -0.25) is 19.1 Å². The second-order valence-corrected chi connectivity index (χ2v) is 7.78. The average molecular weight is 390 g/mol. The molecule has 1 aliphatic rings. The van der Waals surface area contributed by atoms with E-state index < -0.39 is 11.2 Å². The summed E-state index contributed by atoms with van der Waals surface area (Å²) in [7, 11) is 1.54. The van der Waals surface area contributed by atoms with Crippen molar-refractivity contribution in [3.8, 4) is 0 Å². The van der Waals surface area contributed by atoms with Crippen LogP contribution in [0.25, 0.3) is 11.2 Å². The van der Waals surface area contributed by atoms with Crippen molar-refractivity contribution in [1.29, 1.82) is 0 Å². The minimum Gasteiger partial charge on any atom is -0.356 e. The smallest absolute Gasteiger partial charge is 0.329 e. The normalized spacial score (nSPS) is 15.9. The molecule has 3 N–H and O–H groups in total. The molecule has 1 saturated heterocycles. The number of hydrogen-bond donors (Lipinski definition) is 3. The molecule has 3 rings (SSSR count). The van der Waals surface area contributed by atoms with Gasteiger partial charge in [0.15, 0.2) is 5.65 Å². The molecule has 28 heavy (non-hydrogen) atoms. The molecular weight excluding hydrogens is 360 g/mol. The Morgan fingerprint density at radius 3 is 2.71 bits per heavy atom. The molecule has 0 bridgehead atoms. The lowest BCUT2D eigenvalue weighted by Crippen LogP contribution is -2.34. The number of fused-ring (bicyclic) bond motifs is 1. The predicted molar refractivity (Wildman–Crippen MR) is 107 cm³/mol. The van der Waals surface area contributed by atoms with Crippen LogP contribution in [0, 0.1) is 5.92 Å². The highest BCUT2D eigenvalue weighted by atomic mass is 16.2. The number of carbonyl (C=O) groups is 1. The summed E-state index contributed by atoms with van der Waals surface area (Å²) >= 11 is 0. The second kappa shape index (κ2) is 9.18. The quantitative estimate of drug-likeness (QED) is 0.568. The van der Waals surface area contributed by atoms with E-state index in [9.17, 15) is 14.4 Å². The summed E-state index contributed by atoms with van der Waals surface area (Å²) in [4.78, 5) is 47.4. The lowest BCUT2D eigenvalue weighted by molar-refractivity contribution is -0.121. The van der Waals surface area contributed by atoms with Crippen molar-refractivity contribution in [3.63, 3.8) is 0 Å². The number of unbranched alkanes of at least 4 members (excludes halogenated alkanes) is 1. The molecule has 0 aliphatic carbocycles. The Hall–Kier alpha value is -2.42. The molecule has 9 nitrogen and oxygen atoms in total. The molecule has 1 fully saturated rings. The number of H-pyrrole nitrogens is 2. The molecule has 0 aromatic carbocycles. The maximum atomic E-state index is 12.0. The molecule has 0 spiro atoms. The standard InChI is InChI=1S/C19H30N6O3/c1-13-7-11-25(12-8-13)10-4-3-9-20-15(26)6-5-14-21-16-17(22-14)24(2)19(28)23-18(16)27/h13H,3-12H2,1-2H3,(H,20,26)(H,21,22)(H,23,27,28). The van der Waals surface area contributed by atoms with Crippen molar-refractivity contribution in [2.75, 3.05) is 26.2 Å². The maximum absolute atomic E-state index is 12.0. The van der Waals surface area contributed by atoms with Crippen LogP contribution in [0.3, 0.4) is 0 Å². The summed E-state index contributed by atoms with van der Waals surface area (Å²) in [5.41, 5.74) is -0.447. The van der Waals surface area contributed by atoms with Gasteiger partial charge in [0, 0.05) is 26.4 Å². The largest absolute Gasteiger partial charge is 0.356 e. The van der Waals surface area contributed by atoms with Crippen LogP contribution < -0.4 is 16.6 Å². The van der Waals surface area contributed by atoms with Crippen LogP contribution >= 0.6 is 0 Å². The van der Waals surface area contributed by atoms with Crippen molar-refractivity contribution >= 4 is 17.1 Å². The fourth-order valence-corrected chi connectivity index (χ4v) is 3.57. The van der Waals surface area contributed by atoms with Crippen molar-refractivity contribution in [2.24, 2.45) is 13.0 Å². The molecule has 0 radical (unpaired) electrons. The van der Waals surface area contributed by atoms with E-state index in [2.05, 4.69) is 32.1 Å². The van der Waals surface area contributed by atoms with Gasteiger partial charge >= 0.3 is 5.69 Å². The number of aromatic amines is 2. The van der Waals surface area contributed by atoms with Gasteiger partial charge in [-0.2, -0.15) is 0 Å². The number of aromatic nitrogens is 4. The molecule has 1 aliphatic heterocycles. The van der Waals surface area contributed by atoms with E-state index >= 15 is 0 Å². The first-order valence-corrected chi connectivity index (χ1v) is 10.1. The van der Waals surface area contributed by atoms with Crippen LogP contribution in [0.1, 0.15) is 44.9 Å². The van der Waals surface area contributed by atoms with Crippen LogP contribution in [0.5, 0.6) is 0 Å². The fourth-order valence-electron chi connectivity index (χ4n) is 3.57. The van der Waals surface area contributed by atoms with E-state index in [-0.39, 0.29) is 17.8 Å². The SMILES string of the molecule is CC1CCN(CCCCNC(=O)CCc2nc3c([nH]2)c(=O)[nH]c(=O)n3C)CC1. The zero-order valence-electron chi connectivity index (χ0n) is 16.7. The molecule has 154 valence electrons. The Balaban J connectivity index is 1.37. The Kier molecular flexibility index (Phi) is 6.66. The number of nitrogens with zero attached hydrogens (tertiary/aromatic N) is 3. The Morgan fingerprint density at radius 1 is 1.21 bits per heavy atom. The molecule has 0 atom stereocenters. The maximum Gasteiger partial charge on any atom is 0.329 e. The van der Waals surface area contributed by atoms with E-state index in [1.807, 2.05) is 0 Å². The van der Waals surface area contributed by atoms with E-state index in [0.717, 1.165) is 25.3 Å². The molecule has 2 aromatic heterocycles. The fraction of sp³-hybridized carbons (Fsp3) is 0.684. The van der Waals surface area contributed by atoms with E-state index in [1.54, 1.807) is 7.05 Å². The van der Waals surface area contributed by atoms with Gasteiger partial charge in [0.25, 0.3) is 5.56 Å². The lowest BCUT2D eigenvalue weighted by atomic mass is 9.99. The zero-order valence-corrected chi connectivity index (χ0v) is 16.7. The van der Waals surface area contributed by atoms with Crippen molar-refractivity contribution in [1.82, 2.24) is 29.7 Å². The third kappa shape index (κ3) is 5.09. The van der Waals surface area contributed by atoms with Gasteiger partial charge in [-0.1, -0.05) is 6.92 Å². The van der Waals surface area contributed by atoms with Gasteiger partial charge in [-0.15, -0.1) is 0 Å². The summed E-state index contributed by atoms with van der Waals surface area (Å²) in [6, 6.07) is 0. The first-order chi connectivity index (χ1) is 13.4. The molecular formula is C19H30N6O3. The number of aryl methyl sites for hydroxylation is 2. The molecule has 0 saturated carbocycles. The van der Waals surface area contributed by atoms with Crippen molar-refractivity contribution in [2.45, 2.75) is 45.4 Å². The molecule has 1 amide bonds. The highest BCUT2D eigenvalue weighted by Gasteiger charge is 2.15. The Bertz CT molecular complexity index is 920. The highest BCUT2D eigenvalue weighted by molar-refractivity contribution is 5.76. The van der Waals surface area contributed by atoms with Gasteiger partial charge in [0.1, 0.15) is 11.3 Å². The average Bonchev–Trinajstić information content (AvgIpc) is 3.11. The monoisotopic (exact) mass is 390 g/mol. The number of likely N-dealkylation sites (tertiary alicyclic amines) is 1. The Morgan fingerprint density at radius 2 is 1.96 bits per heavy atom. The van der Waals surface area contributed by atoms with Crippen LogP contribution in [-0.2, 0) is 18.3 Å². The molecule has 3 heterocycles. The molecule has 0 unspecified atom stereocenters. The lowest BCUT2D eigenvalue weighted by Gasteiger charge is -2.30. The minimum atomic E-state index is -0.507. The van der Waals surface area contributed by atoms with Gasteiger partial charge in [-0.25, -0.2) is 9.78 Å². The second-order valence-electron chi connectivity index (χ2n) is 7.78. The van der Waals surface area contributed by atoms with Gasteiger partial charge in [-0.05, 0) is 51.2 Å². The number of rotatable bonds is 8. The van der Waals surface area contributed by atoms with Gasteiger partial charge in [0.05, 0.1) is 0 Å². The highest BCUT2D eigenvalue weighted by Crippen LogP contribution is 2.16. The van der Waals surface area contributed by atoms with E-state index in [4.69, 9.17) is 0 Å². The summed E-state index contributed by atoms with van der Waals surface area (Å²) in [6.45, 7) is 6.49. The first kappa shape index (κ1) is 20.3. The van der Waals surface area contributed by atoms with E-state index in [1.165, 1.54) is 30.5 Å². The number of amides is 1. The summed E-state index contributed by atoms with van der Waals surface area (Å²) in [6.07, 6.45) is 5.32. The summed E-state index contributed by atoms with van der Waals surface area (Å²) < 4.78 is 1.28. The number of carbonyl (C=O) groups excluding carboxylic acids is 1. The van der Waals surface area contributed by atoms with Crippen LogP contribution in [-0.4, -0.2) is 56.5 Å². The third-order valence-electron chi connectivity index (χ3n) is 5.49. The number of hydrogen-bond acceptors (Lipinski definition) is 5. The Labute approximate surface area is 163 Å². The number of imidazole rings is 1. The van der Waals surface area contributed by atoms with Crippen molar-refractivity contribution in [3.05, 3.63) is 26.7 Å². The van der Waals surface area contributed by atoms with Crippen molar-refractivity contribution < 1.29 is 4.79 Å². The topological polar surface area (TPSA) is 116 Å². The van der Waals surface area contributed by atoms with Gasteiger partial charge < -0.3 is 15.2 Å². The molecule has 2 aromatic rings.